The average Bonchev–Trinajstić information content (AvgIpc) is 3.20. The molecule has 0 aliphatic rings. The molecular formula is C23H29N5O3. The monoisotopic (exact) mass is 423 g/mol. The van der Waals surface area contributed by atoms with Crippen LogP contribution in [0.15, 0.2) is 54.7 Å². The Hall–Kier alpha value is -3.36. The van der Waals surface area contributed by atoms with Gasteiger partial charge in [0.05, 0.1) is 32.1 Å². The van der Waals surface area contributed by atoms with Gasteiger partial charge >= 0.3 is 0 Å². The predicted octanol–water partition coefficient (Wildman–Crippen LogP) is 2.65. The van der Waals surface area contributed by atoms with E-state index in [1.54, 1.807) is 14.2 Å². The number of anilines is 1. The van der Waals surface area contributed by atoms with Crippen molar-refractivity contribution in [1.82, 2.24) is 19.8 Å². The van der Waals surface area contributed by atoms with Crippen LogP contribution in [0.4, 0.5) is 5.95 Å². The molecule has 0 bridgehead atoms. The van der Waals surface area contributed by atoms with Crippen LogP contribution in [0.1, 0.15) is 0 Å². The first-order valence-electron chi connectivity index (χ1n) is 10.0. The highest BCUT2D eigenvalue weighted by atomic mass is 16.5. The van der Waals surface area contributed by atoms with E-state index in [2.05, 4.69) is 20.5 Å². The molecule has 1 heterocycles. The van der Waals surface area contributed by atoms with Crippen molar-refractivity contribution in [3.63, 3.8) is 0 Å². The van der Waals surface area contributed by atoms with Crippen molar-refractivity contribution < 1.29 is 14.3 Å². The molecule has 2 N–H and O–H groups in total. The molecule has 3 rings (SSSR count). The van der Waals surface area contributed by atoms with Gasteiger partial charge in [-0.3, -0.25) is 14.7 Å². The fourth-order valence-electron chi connectivity index (χ4n) is 3.06. The summed E-state index contributed by atoms with van der Waals surface area (Å²) in [5.41, 5.74) is 2.51. The van der Waals surface area contributed by atoms with E-state index in [1.807, 2.05) is 73.4 Å². The first-order valence-corrected chi connectivity index (χ1v) is 10.0. The fourth-order valence-corrected chi connectivity index (χ4v) is 3.06. The number of amides is 1. The predicted molar refractivity (Wildman–Crippen MR) is 122 cm³/mol. The standard InChI is InChI=1S/C23H29N5O3/c1-27(2)13-12-24-15-22(29)26-23-25-19(17-8-6-5-7-9-17)16-28(23)18-10-11-20(30-3)21(14-18)31-4/h5-11,14,16,24H,12-13,15H2,1-4H3,(H,25,26,29). The van der Waals surface area contributed by atoms with Crippen LogP contribution >= 0.6 is 0 Å². The Bertz CT molecular complexity index is 1000. The molecule has 0 saturated carbocycles. The van der Waals surface area contributed by atoms with Gasteiger partial charge in [-0.2, -0.15) is 0 Å². The molecular weight excluding hydrogens is 394 g/mol. The van der Waals surface area contributed by atoms with Gasteiger partial charge in [0.2, 0.25) is 11.9 Å². The molecule has 1 aromatic heterocycles. The maximum Gasteiger partial charge on any atom is 0.240 e. The van der Waals surface area contributed by atoms with Crippen molar-refractivity contribution >= 4 is 11.9 Å². The zero-order chi connectivity index (χ0) is 22.2. The van der Waals surface area contributed by atoms with E-state index < -0.39 is 0 Å². The maximum absolute atomic E-state index is 12.5. The van der Waals surface area contributed by atoms with E-state index in [4.69, 9.17) is 9.47 Å². The van der Waals surface area contributed by atoms with Gasteiger partial charge in [0.1, 0.15) is 0 Å². The minimum Gasteiger partial charge on any atom is -0.493 e. The number of nitrogens with one attached hydrogen (secondary N) is 2. The molecule has 8 nitrogen and oxygen atoms in total. The number of carbonyl (C=O) groups excluding carboxylic acids is 1. The van der Waals surface area contributed by atoms with Crippen LogP contribution in [0.5, 0.6) is 11.5 Å². The molecule has 0 radical (unpaired) electrons. The van der Waals surface area contributed by atoms with Crippen molar-refractivity contribution in [1.29, 1.82) is 0 Å². The van der Waals surface area contributed by atoms with Gasteiger partial charge in [-0.05, 0) is 26.2 Å². The highest BCUT2D eigenvalue weighted by Gasteiger charge is 2.15. The molecule has 0 unspecified atom stereocenters. The van der Waals surface area contributed by atoms with Crippen molar-refractivity contribution in [3.8, 4) is 28.4 Å². The Morgan fingerprint density at radius 3 is 2.48 bits per heavy atom. The van der Waals surface area contributed by atoms with Crippen LogP contribution in [0.3, 0.4) is 0 Å². The highest BCUT2D eigenvalue weighted by Crippen LogP contribution is 2.31. The Morgan fingerprint density at radius 1 is 1.06 bits per heavy atom. The summed E-state index contributed by atoms with van der Waals surface area (Å²) in [7, 11) is 7.17. The lowest BCUT2D eigenvalue weighted by Crippen LogP contribution is -2.33. The van der Waals surface area contributed by atoms with Gasteiger partial charge in [0.25, 0.3) is 0 Å². The van der Waals surface area contributed by atoms with Crippen molar-refractivity contribution in [2.24, 2.45) is 0 Å². The first kappa shape index (κ1) is 22.3. The molecule has 0 aliphatic carbocycles. The summed E-state index contributed by atoms with van der Waals surface area (Å²) in [6.07, 6.45) is 1.89. The number of hydrogen-bond donors (Lipinski definition) is 2. The largest absolute Gasteiger partial charge is 0.493 e. The van der Waals surface area contributed by atoms with Crippen molar-refractivity contribution in [2.45, 2.75) is 0 Å². The Labute approximate surface area is 182 Å². The summed E-state index contributed by atoms with van der Waals surface area (Å²) in [6, 6.07) is 15.4. The van der Waals surface area contributed by atoms with Gasteiger partial charge in [-0.15, -0.1) is 0 Å². The number of carbonyl (C=O) groups is 1. The normalized spacial score (nSPS) is 10.9. The number of likely N-dealkylation sites (N-methyl/N-ethyl adjacent to an activating group) is 1. The lowest BCUT2D eigenvalue weighted by molar-refractivity contribution is -0.115. The summed E-state index contributed by atoms with van der Waals surface area (Å²) in [6.45, 7) is 1.78. The molecule has 0 fully saturated rings. The number of nitrogens with zero attached hydrogens (tertiary/aromatic N) is 3. The minimum absolute atomic E-state index is 0.161. The molecule has 3 aromatic rings. The van der Waals surface area contributed by atoms with Gasteiger partial charge in [-0.1, -0.05) is 30.3 Å². The number of aromatic nitrogens is 2. The smallest absolute Gasteiger partial charge is 0.240 e. The van der Waals surface area contributed by atoms with E-state index in [0.29, 0.717) is 17.4 Å². The second-order valence-electron chi connectivity index (χ2n) is 7.25. The lowest BCUT2D eigenvalue weighted by atomic mass is 10.2. The molecule has 0 saturated heterocycles. The zero-order valence-corrected chi connectivity index (χ0v) is 18.4. The van der Waals surface area contributed by atoms with E-state index in [-0.39, 0.29) is 12.5 Å². The molecule has 0 spiro atoms. The number of methoxy groups -OCH3 is 2. The zero-order valence-electron chi connectivity index (χ0n) is 18.4. The van der Waals surface area contributed by atoms with Crippen LogP contribution in [0, 0.1) is 0 Å². The summed E-state index contributed by atoms with van der Waals surface area (Å²) in [4.78, 5) is 19.3. The Balaban J connectivity index is 1.88. The van der Waals surface area contributed by atoms with E-state index in [0.717, 1.165) is 30.0 Å². The lowest BCUT2D eigenvalue weighted by Gasteiger charge is -2.13. The SMILES string of the molecule is COc1ccc(-n2cc(-c3ccccc3)nc2NC(=O)CNCCN(C)C)cc1OC. The van der Waals surface area contributed by atoms with Crippen LogP contribution < -0.4 is 20.1 Å². The molecule has 0 aliphatic heterocycles. The van der Waals surface area contributed by atoms with E-state index in [1.165, 1.54) is 0 Å². The summed E-state index contributed by atoms with van der Waals surface area (Å²) in [5.74, 6) is 1.50. The summed E-state index contributed by atoms with van der Waals surface area (Å²) < 4.78 is 12.6. The van der Waals surface area contributed by atoms with Crippen LogP contribution in [0.25, 0.3) is 16.9 Å². The van der Waals surface area contributed by atoms with Crippen LogP contribution in [-0.4, -0.2) is 68.3 Å². The number of rotatable bonds is 10. The topological polar surface area (TPSA) is 80.6 Å². The van der Waals surface area contributed by atoms with Gasteiger partial charge in [0, 0.05) is 30.9 Å². The van der Waals surface area contributed by atoms with Gasteiger partial charge < -0.3 is 19.7 Å². The minimum atomic E-state index is -0.161. The number of ether oxygens (including phenoxy) is 2. The van der Waals surface area contributed by atoms with Crippen molar-refractivity contribution in [3.05, 3.63) is 54.7 Å². The Kier molecular flexibility index (Phi) is 7.64. The third-order valence-corrected chi connectivity index (χ3v) is 4.69. The van der Waals surface area contributed by atoms with E-state index >= 15 is 0 Å². The molecule has 164 valence electrons. The summed E-state index contributed by atoms with van der Waals surface area (Å²) in [5, 5.41) is 6.06. The maximum atomic E-state index is 12.5. The van der Waals surface area contributed by atoms with Crippen molar-refractivity contribution in [2.75, 3.05) is 53.3 Å². The molecule has 8 heteroatoms. The third kappa shape index (κ3) is 5.84. The molecule has 0 atom stereocenters. The quantitative estimate of drug-likeness (QED) is 0.488. The first-order chi connectivity index (χ1) is 15.0. The van der Waals surface area contributed by atoms with E-state index in [9.17, 15) is 4.79 Å². The number of benzene rings is 2. The number of imidazole rings is 1. The summed E-state index contributed by atoms with van der Waals surface area (Å²) >= 11 is 0. The van der Waals surface area contributed by atoms with Crippen LogP contribution in [-0.2, 0) is 4.79 Å². The second kappa shape index (κ2) is 10.6. The average molecular weight is 424 g/mol. The van der Waals surface area contributed by atoms with Gasteiger partial charge in [-0.25, -0.2) is 4.98 Å². The molecule has 31 heavy (non-hydrogen) atoms. The Morgan fingerprint density at radius 2 is 1.81 bits per heavy atom. The molecule has 1 amide bonds. The van der Waals surface area contributed by atoms with Gasteiger partial charge in [0.15, 0.2) is 11.5 Å². The fraction of sp³-hybridized carbons (Fsp3) is 0.304. The number of hydrogen-bond acceptors (Lipinski definition) is 6. The van der Waals surface area contributed by atoms with Crippen LogP contribution in [0.2, 0.25) is 0 Å². The third-order valence-electron chi connectivity index (χ3n) is 4.69. The highest BCUT2D eigenvalue weighted by molar-refractivity contribution is 5.91. The second-order valence-corrected chi connectivity index (χ2v) is 7.25. The molecule has 2 aromatic carbocycles.